The molecule has 21 heavy (non-hydrogen) atoms. The summed E-state index contributed by atoms with van der Waals surface area (Å²) in [5.74, 6) is 1.77. The van der Waals surface area contributed by atoms with Gasteiger partial charge in [-0.1, -0.05) is 18.2 Å². The van der Waals surface area contributed by atoms with Crippen LogP contribution in [0.15, 0.2) is 41.4 Å². The van der Waals surface area contributed by atoms with Crippen molar-refractivity contribution in [1.29, 1.82) is 0 Å². The maximum Gasteiger partial charge on any atom is 0.191 e. The zero-order valence-corrected chi connectivity index (χ0v) is 12.5. The Morgan fingerprint density at radius 3 is 2.67 bits per heavy atom. The second-order valence-corrected chi connectivity index (χ2v) is 5.39. The van der Waals surface area contributed by atoms with E-state index in [4.69, 9.17) is 4.74 Å². The first-order valence-electron chi connectivity index (χ1n) is 7.32. The van der Waals surface area contributed by atoms with Gasteiger partial charge in [0, 0.05) is 19.6 Å². The number of nitrogens with one attached hydrogen (secondary N) is 2. The van der Waals surface area contributed by atoms with E-state index >= 15 is 0 Å². The predicted octanol–water partition coefficient (Wildman–Crippen LogP) is 2.68. The van der Waals surface area contributed by atoms with E-state index in [9.17, 15) is 0 Å². The zero-order valence-electron chi connectivity index (χ0n) is 12.5. The van der Waals surface area contributed by atoms with E-state index in [1.54, 1.807) is 7.11 Å². The molecule has 0 radical (unpaired) electrons. The molecule has 0 amide bonds. The third kappa shape index (κ3) is 3.45. The molecule has 0 unspecified atom stereocenters. The highest BCUT2D eigenvalue weighted by Gasteiger charge is 2.21. The molecule has 1 fully saturated rings. The second-order valence-electron chi connectivity index (χ2n) is 5.39. The van der Waals surface area contributed by atoms with E-state index in [1.165, 1.54) is 29.2 Å². The molecule has 1 aliphatic carbocycles. The van der Waals surface area contributed by atoms with Gasteiger partial charge in [-0.2, -0.15) is 0 Å². The van der Waals surface area contributed by atoms with Crippen LogP contribution >= 0.6 is 0 Å². The maximum atomic E-state index is 5.25. The third-order valence-corrected chi connectivity index (χ3v) is 3.71. The molecule has 1 aliphatic rings. The lowest BCUT2D eigenvalue weighted by Gasteiger charge is -2.11. The first-order valence-corrected chi connectivity index (χ1v) is 7.32. The first kappa shape index (κ1) is 13.7. The Bertz CT molecular complexity index is 662. The van der Waals surface area contributed by atoms with Gasteiger partial charge in [0.25, 0.3) is 0 Å². The van der Waals surface area contributed by atoms with Crippen LogP contribution in [0.5, 0.6) is 5.75 Å². The van der Waals surface area contributed by atoms with E-state index < -0.39 is 0 Å². The van der Waals surface area contributed by atoms with Crippen molar-refractivity contribution >= 4 is 16.7 Å². The molecular formula is C17H21N3O. The average Bonchev–Trinajstić information content (AvgIpc) is 3.34. The average molecular weight is 283 g/mol. The molecule has 0 spiro atoms. The highest BCUT2D eigenvalue weighted by molar-refractivity contribution is 5.85. The van der Waals surface area contributed by atoms with Gasteiger partial charge in [0.05, 0.1) is 7.11 Å². The fourth-order valence-electron chi connectivity index (χ4n) is 2.31. The van der Waals surface area contributed by atoms with Crippen LogP contribution in [-0.2, 0) is 6.54 Å². The largest absolute Gasteiger partial charge is 0.497 e. The van der Waals surface area contributed by atoms with Crippen molar-refractivity contribution in [3.63, 3.8) is 0 Å². The van der Waals surface area contributed by atoms with Crippen molar-refractivity contribution < 1.29 is 4.74 Å². The minimum absolute atomic E-state index is 0.611. The molecule has 0 atom stereocenters. The summed E-state index contributed by atoms with van der Waals surface area (Å²) in [6.07, 6.45) is 2.50. The number of fused-ring (bicyclic) bond motifs is 1. The quantitative estimate of drug-likeness (QED) is 0.670. The number of aliphatic imine (C=N–C) groups is 1. The van der Waals surface area contributed by atoms with Gasteiger partial charge >= 0.3 is 0 Å². The lowest BCUT2D eigenvalue weighted by Crippen LogP contribution is -2.38. The summed E-state index contributed by atoms with van der Waals surface area (Å²) >= 11 is 0. The van der Waals surface area contributed by atoms with Crippen LogP contribution < -0.4 is 15.4 Å². The molecule has 0 saturated heterocycles. The van der Waals surface area contributed by atoms with Gasteiger partial charge in [-0.25, -0.2) is 0 Å². The highest BCUT2D eigenvalue weighted by atomic mass is 16.5. The summed E-state index contributed by atoms with van der Waals surface area (Å²) in [5.41, 5.74) is 1.24. The Balaban J connectivity index is 1.69. The number of hydrogen-bond donors (Lipinski definition) is 2. The molecule has 2 aromatic rings. The molecule has 3 rings (SSSR count). The fraction of sp³-hybridized carbons (Fsp3) is 0.353. The van der Waals surface area contributed by atoms with Crippen molar-refractivity contribution in [1.82, 2.24) is 10.6 Å². The summed E-state index contributed by atoms with van der Waals surface area (Å²) in [7, 11) is 3.50. The molecule has 1 saturated carbocycles. The van der Waals surface area contributed by atoms with Crippen molar-refractivity contribution in [3.8, 4) is 5.75 Å². The SMILES string of the molecule is CN=C(NCc1ccc2cc(OC)ccc2c1)NC1CC1. The first-order chi connectivity index (χ1) is 10.3. The van der Waals surface area contributed by atoms with E-state index in [1.807, 2.05) is 13.1 Å². The Hall–Kier alpha value is -2.23. The molecule has 0 aromatic heterocycles. The summed E-state index contributed by atoms with van der Waals surface area (Å²) in [6, 6.07) is 13.2. The second kappa shape index (κ2) is 6.04. The van der Waals surface area contributed by atoms with Gasteiger partial charge in [0.1, 0.15) is 5.75 Å². The van der Waals surface area contributed by atoms with Gasteiger partial charge in [-0.05, 0) is 47.4 Å². The summed E-state index contributed by atoms with van der Waals surface area (Å²) < 4.78 is 5.25. The molecular weight excluding hydrogens is 262 g/mol. The van der Waals surface area contributed by atoms with Crippen LogP contribution in [0.4, 0.5) is 0 Å². The number of hydrogen-bond acceptors (Lipinski definition) is 2. The lowest BCUT2D eigenvalue weighted by molar-refractivity contribution is 0.415. The van der Waals surface area contributed by atoms with E-state index in [0.717, 1.165) is 18.3 Å². The Morgan fingerprint density at radius 2 is 1.95 bits per heavy atom. The monoisotopic (exact) mass is 283 g/mol. The molecule has 2 N–H and O–H groups in total. The minimum Gasteiger partial charge on any atom is -0.497 e. The summed E-state index contributed by atoms with van der Waals surface area (Å²) in [6.45, 7) is 0.772. The van der Waals surface area contributed by atoms with Crippen LogP contribution in [0.2, 0.25) is 0 Å². The number of ether oxygens (including phenoxy) is 1. The third-order valence-electron chi connectivity index (χ3n) is 3.71. The van der Waals surface area contributed by atoms with Gasteiger partial charge in [0.2, 0.25) is 0 Å². The van der Waals surface area contributed by atoms with Crippen molar-refractivity contribution in [2.75, 3.05) is 14.2 Å². The summed E-state index contributed by atoms with van der Waals surface area (Å²) in [4.78, 5) is 4.25. The van der Waals surface area contributed by atoms with Gasteiger partial charge in [-0.3, -0.25) is 4.99 Å². The Labute approximate surface area is 125 Å². The highest BCUT2D eigenvalue weighted by Crippen LogP contribution is 2.22. The maximum absolute atomic E-state index is 5.25. The zero-order chi connectivity index (χ0) is 14.7. The van der Waals surface area contributed by atoms with Crippen molar-refractivity contribution in [2.45, 2.75) is 25.4 Å². The molecule has 0 bridgehead atoms. The van der Waals surface area contributed by atoms with E-state index in [0.29, 0.717) is 6.04 Å². The van der Waals surface area contributed by atoms with E-state index in [2.05, 4.69) is 46.0 Å². The van der Waals surface area contributed by atoms with Crippen LogP contribution in [0.25, 0.3) is 10.8 Å². The molecule has 0 aliphatic heterocycles. The van der Waals surface area contributed by atoms with Crippen LogP contribution in [0.1, 0.15) is 18.4 Å². The smallest absolute Gasteiger partial charge is 0.191 e. The van der Waals surface area contributed by atoms with Gasteiger partial charge in [0.15, 0.2) is 5.96 Å². The van der Waals surface area contributed by atoms with Crippen LogP contribution in [-0.4, -0.2) is 26.2 Å². The number of methoxy groups -OCH3 is 1. The number of nitrogens with zero attached hydrogens (tertiary/aromatic N) is 1. The molecule has 110 valence electrons. The van der Waals surface area contributed by atoms with E-state index in [-0.39, 0.29) is 0 Å². The Morgan fingerprint density at radius 1 is 1.19 bits per heavy atom. The van der Waals surface area contributed by atoms with Gasteiger partial charge < -0.3 is 15.4 Å². The normalized spacial score (nSPS) is 15.0. The molecule has 0 heterocycles. The predicted molar refractivity (Wildman–Crippen MR) is 86.9 cm³/mol. The number of rotatable bonds is 4. The van der Waals surface area contributed by atoms with Crippen LogP contribution in [0, 0.1) is 0 Å². The van der Waals surface area contributed by atoms with Crippen molar-refractivity contribution in [2.24, 2.45) is 4.99 Å². The lowest BCUT2D eigenvalue weighted by atomic mass is 10.1. The standard InChI is InChI=1S/C17H21N3O/c1-18-17(20-15-6-7-15)19-11-12-3-4-14-10-16(21-2)8-5-13(14)9-12/h3-5,8-10,15H,6-7,11H2,1-2H3,(H2,18,19,20). The molecule has 4 nitrogen and oxygen atoms in total. The van der Waals surface area contributed by atoms with Crippen LogP contribution in [0.3, 0.4) is 0 Å². The van der Waals surface area contributed by atoms with Crippen molar-refractivity contribution in [3.05, 3.63) is 42.0 Å². The fourth-order valence-corrected chi connectivity index (χ4v) is 2.31. The number of benzene rings is 2. The number of guanidine groups is 1. The van der Waals surface area contributed by atoms with Gasteiger partial charge in [-0.15, -0.1) is 0 Å². The summed E-state index contributed by atoms with van der Waals surface area (Å²) in [5, 5.41) is 9.16. The Kier molecular flexibility index (Phi) is 3.95. The topological polar surface area (TPSA) is 45.7 Å². The molecule has 4 heteroatoms. The minimum atomic E-state index is 0.611. The molecule has 2 aromatic carbocycles.